The predicted molar refractivity (Wildman–Crippen MR) is 106 cm³/mol. The lowest BCUT2D eigenvalue weighted by Gasteiger charge is -2.13. The Hall–Kier alpha value is -2.85. The highest BCUT2D eigenvalue weighted by Crippen LogP contribution is 2.22. The van der Waals surface area contributed by atoms with Crippen molar-refractivity contribution in [2.45, 2.75) is 19.8 Å². The minimum Gasteiger partial charge on any atom is -0.497 e. The first-order valence-corrected chi connectivity index (χ1v) is 8.39. The van der Waals surface area contributed by atoms with Crippen LogP contribution in [-0.4, -0.2) is 19.2 Å². The molecule has 3 rings (SSSR count). The lowest BCUT2D eigenvalue weighted by molar-refractivity contribution is 0.414. The van der Waals surface area contributed by atoms with Crippen molar-refractivity contribution < 1.29 is 9.47 Å². The zero-order chi connectivity index (χ0) is 17.6. The van der Waals surface area contributed by atoms with Gasteiger partial charge in [-0.25, -0.2) is 0 Å². The fourth-order valence-corrected chi connectivity index (χ4v) is 2.92. The number of pyridine rings is 1. The largest absolute Gasteiger partial charge is 0.497 e. The molecule has 0 bridgehead atoms. The SMILES string of the molecule is COc1ccc(Cc2nccc(C)c2Cc2ccc(OC)cc2)cc1.N. The van der Waals surface area contributed by atoms with E-state index in [0.29, 0.717) is 0 Å². The number of rotatable bonds is 6. The second-order valence-corrected chi connectivity index (χ2v) is 6.10. The van der Waals surface area contributed by atoms with E-state index in [1.165, 1.54) is 22.3 Å². The van der Waals surface area contributed by atoms with Gasteiger partial charge in [0.05, 0.1) is 14.2 Å². The number of benzene rings is 2. The minimum atomic E-state index is 0. The van der Waals surface area contributed by atoms with E-state index >= 15 is 0 Å². The molecule has 0 saturated carbocycles. The van der Waals surface area contributed by atoms with Crippen LogP contribution in [0, 0.1) is 6.92 Å². The average Bonchev–Trinajstić information content (AvgIpc) is 2.66. The highest BCUT2D eigenvalue weighted by Gasteiger charge is 2.09. The van der Waals surface area contributed by atoms with Crippen LogP contribution in [0.3, 0.4) is 0 Å². The number of methoxy groups -OCH3 is 2. The van der Waals surface area contributed by atoms with Gasteiger partial charge in [-0.15, -0.1) is 0 Å². The molecule has 26 heavy (non-hydrogen) atoms. The van der Waals surface area contributed by atoms with E-state index in [0.717, 1.165) is 30.0 Å². The van der Waals surface area contributed by atoms with Crippen LogP contribution in [0.1, 0.15) is 27.9 Å². The van der Waals surface area contributed by atoms with Gasteiger partial charge >= 0.3 is 0 Å². The van der Waals surface area contributed by atoms with Gasteiger partial charge in [-0.05, 0) is 65.9 Å². The van der Waals surface area contributed by atoms with Crippen LogP contribution in [0.25, 0.3) is 0 Å². The van der Waals surface area contributed by atoms with Crippen LogP contribution in [0.2, 0.25) is 0 Å². The third kappa shape index (κ3) is 4.61. The fourth-order valence-electron chi connectivity index (χ4n) is 2.92. The summed E-state index contributed by atoms with van der Waals surface area (Å²) < 4.78 is 10.5. The van der Waals surface area contributed by atoms with Crippen molar-refractivity contribution in [2.24, 2.45) is 0 Å². The Morgan fingerprint density at radius 3 is 1.73 bits per heavy atom. The summed E-state index contributed by atoms with van der Waals surface area (Å²) in [5, 5.41) is 0. The van der Waals surface area contributed by atoms with E-state index in [1.54, 1.807) is 14.2 Å². The quantitative estimate of drug-likeness (QED) is 0.696. The standard InChI is InChI=1S/C22H23NO2.H3N/c1-16-12-13-23-22(15-18-6-10-20(25-3)11-7-18)21(16)14-17-4-8-19(24-2)9-5-17;/h4-13H,14-15H2,1-3H3;1H3. The molecule has 3 aromatic rings. The number of hydrogen-bond donors (Lipinski definition) is 1. The van der Waals surface area contributed by atoms with Gasteiger partial charge in [0.15, 0.2) is 0 Å². The summed E-state index contributed by atoms with van der Waals surface area (Å²) in [4.78, 5) is 4.65. The third-order valence-corrected chi connectivity index (χ3v) is 4.45. The normalized spacial score (nSPS) is 10.1. The Morgan fingerprint density at radius 1 is 0.731 bits per heavy atom. The molecule has 3 N–H and O–H groups in total. The van der Waals surface area contributed by atoms with Gasteiger partial charge in [0.2, 0.25) is 0 Å². The topological polar surface area (TPSA) is 66.3 Å². The van der Waals surface area contributed by atoms with Crippen molar-refractivity contribution >= 4 is 0 Å². The molecule has 4 nitrogen and oxygen atoms in total. The van der Waals surface area contributed by atoms with Crippen molar-refractivity contribution in [1.29, 1.82) is 0 Å². The molecule has 136 valence electrons. The van der Waals surface area contributed by atoms with E-state index < -0.39 is 0 Å². The van der Waals surface area contributed by atoms with Crippen molar-refractivity contribution in [3.63, 3.8) is 0 Å². The van der Waals surface area contributed by atoms with Crippen LogP contribution in [0.4, 0.5) is 0 Å². The van der Waals surface area contributed by atoms with Gasteiger partial charge in [0.1, 0.15) is 11.5 Å². The fraction of sp³-hybridized carbons (Fsp3) is 0.227. The number of aromatic nitrogens is 1. The summed E-state index contributed by atoms with van der Waals surface area (Å²) in [5.74, 6) is 1.75. The van der Waals surface area contributed by atoms with Crippen LogP contribution in [0.15, 0.2) is 60.8 Å². The van der Waals surface area contributed by atoms with Crippen LogP contribution in [-0.2, 0) is 12.8 Å². The minimum absolute atomic E-state index is 0. The Morgan fingerprint density at radius 2 is 1.23 bits per heavy atom. The summed E-state index contributed by atoms with van der Waals surface area (Å²) in [6.07, 6.45) is 3.58. The third-order valence-electron chi connectivity index (χ3n) is 4.45. The lowest BCUT2D eigenvalue weighted by atomic mass is 9.96. The summed E-state index contributed by atoms with van der Waals surface area (Å²) in [6.45, 7) is 2.15. The molecule has 0 saturated heterocycles. The van der Waals surface area contributed by atoms with E-state index in [4.69, 9.17) is 9.47 Å². The molecule has 2 aromatic carbocycles. The molecule has 0 aliphatic rings. The van der Waals surface area contributed by atoms with Crippen molar-refractivity contribution in [3.05, 3.63) is 88.7 Å². The second-order valence-electron chi connectivity index (χ2n) is 6.10. The van der Waals surface area contributed by atoms with Gasteiger partial charge in [-0.3, -0.25) is 4.98 Å². The molecule has 0 fully saturated rings. The number of nitrogens with zero attached hydrogens (tertiary/aromatic N) is 1. The summed E-state index contributed by atoms with van der Waals surface area (Å²) in [7, 11) is 3.37. The maximum absolute atomic E-state index is 5.24. The molecule has 0 aliphatic heterocycles. The molecule has 0 atom stereocenters. The highest BCUT2D eigenvalue weighted by atomic mass is 16.5. The molecule has 1 heterocycles. The molecule has 1 aromatic heterocycles. The Kier molecular flexibility index (Phi) is 6.75. The monoisotopic (exact) mass is 350 g/mol. The number of ether oxygens (including phenoxy) is 2. The van der Waals surface area contributed by atoms with Crippen LogP contribution >= 0.6 is 0 Å². The Labute approximate surface area is 155 Å². The molecule has 0 unspecified atom stereocenters. The molecule has 0 spiro atoms. The lowest BCUT2D eigenvalue weighted by Crippen LogP contribution is -2.03. The van der Waals surface area contributed by atoms with E-state index in [9.17, 15) is 0 Å². The molecule has 4 heteroatoms. The number of aryl methyl sites for hydroxylation is 1. The van der Waals surface area contributed by atoms with Gasteiger partial charge in [-0.1, -0.05) is 24.3 Å². The predicted octanol–water partition coefficient (Wildman–Crippen LogP) is 4.75. The second kappa shape index (κ2) is 9.02. The first kappa shape index (κ1) is 19.5. The Bertz CT molecular complexity index is 828. The first-order valence-electron chi connectivity index (χ1n) is 8.39. The molecule has 0 amide bonds. The van der Waals surface area contributed by atoms with Gasteiger partial charge < -0.3 is 15.6 Å². The molecular weight excluding hydrogens is 324 g/mol. The van der Waals surface area contributed by atoms with Crippen molar-refractivity contribution in [3.8, 4) is 11.5 Å². The number of hydrogen-bond acceptors (Lipinski definition) is 4. The van der Waals surface area contributed by atoms with E-state index in [1.807, 2.05) is 30.5 Å². The van der Waals surface area contributed by atoms with Crippen molar-refractivity contribution in [2.75, 3.05) is 14.2 Å². The summed E-state index contributed by atoms with van der Waals surface area (Å²) in [6, 6.07) is 18.5. The van der Waals surface area contributed by atoms with E-state index in [-0.39, 0.29) is 6.15 Å². The maximum Gasteiger partial charge on any atom is 0.118 e. The first-order chi connectivity index (χ1) is 12.2. The average molecular weight is 350 g/mol. The zero-order valence-corrected chi connectivity index (χ0v) is 15.7. The maximum atomic E-state index is 5.24. The van der Waals surface area contributed by atoms with Gasteiger partial charge in [-0.2, -0.15) is 0 Å². The molecular formula is C22H26N2O2. The summed E-state index contributed by atoms with van der Waals surface area (Å²) in [5.41, 5.74) is 6.18. The van der Waals surface area contributed by atoms with Crippen LogP contribution in [0.5, 0.6) is 11.5 Å². The molecule has 0 aliphatic carbocycles. The smallest absolute Gasteiger partial charge is 0.118 e. The van der Waals surface area contributed by atoms with E-state index in [2.05, 4.69) is 42.2 Å². The van der Waals surface area contributed by atoms with Gasteiger partial charge in [0, 0.05) is 18.3 Å². The zero-order valence-electron chi connectivity index (χ0n) is 15.7. The Balaban J connectivity index is 0.00000243. The highest BCUT2D eigenvalue weighted by molar-refractivity contribution is 5.39. The summed E-state index contributed by atoms with van der Waals surface area (Å²) >= 11 is 0. The van der Waals surface area contributed by atoms with Crippen LogP contribution < -0.4 is 15.6 Å². The van der Waals surface area contributed by atoms with Crippen molar-refractivity contribution in [1.82, 2.24) is 11.1 Å². The molecule has 0 radical (unpaired) electrons. The van der Waals surface area contributed by atoms with Gasteiger partial charge in [0.25, 0.3) is 0 Å².